The van der Waals surface area contributed by atoms with Gasteiger partial charge in [-0.25, -0.2) is 13.1 Å². The molecule has 0 aromatic carbocycles. The lowest BCUT2D eigenvalue weighted by molar-refractivity contribution is 0.183. The van der Waals surface area contributed by atoms with Crippen LogP contribution in [0.4, 0.5) is 0 Å². The van der Waals surface area contributed by atoms with E-state index in [2.05, 4.69) is 25.5 Å². The van der Waals surface area contributed by atoms with Gasteiger partial charge in [-0.15, -0.1) is 0 Å². The summed E-state index contributed by atoms with van der Waals surface area (Å²) in [5.74, 6) is 1.66. The average molecular weight is 205 g/mol. The van der Waals surface area contributed by atoms with Crippen molar-refractivity contribution in [2.75, 3.05) is 0 Å². The Balaban J connectivity index is 2.61. The van der Waals surface area contributed by atoms with Gasteiger partial charge in [0, 0.05) is 6.04 Å². The highest BCUT2D eigenvalue weighted by Gasteiger charge is 2.31. The third-order valence-electron chi connectivity index (χ3n) is 3.03. The predicted molar refractivity (Wildman–Crippen MR) is 54.0 cm³/mol. The zero-order chi connectivity index (χ0) is 10.0. The standard InChI is InChI=1S/C9H19NO2S/c1-6-4-7(2)9(8(3)5-6)10-13(11)12/h6-9,13H,4-5H2,1-3H3,(H,10,11,12). The van der Waals surface area contributed by atoms with Crippen LogP contribution in [0.15, 0.2) is 0 Å². The second-order valence-corrected chi connectivity index (χ2v) is 5.22. The van der Waals surface area contributed by atoms with Gasteiger partial charge in [-0.05, 0) is 30.6 Å². The molecule has 3 nitrogen and oxygen atoms in total. The van der Waals surface area contributed by atoms with Gasteiger partial charge in [0.1, 0.15) is 0 Å². The maximum Gasteiger partial charge on any atom is 0.201 e. The molecule has 1 aliphatic carbocycles. The van der Waals surface area contributed by atoms with Crippen LogP contribution in [-0.4, -0.2) is 14.5 Å². The predicted octanol–water partition coefficient (Wildman–Crippen LogP) is 1.17. The number of thiol groups is 1. The first-order chi connectivity index (χ1) is 6.00. The maximum absolute atomic E-state index is 10.6. The Morgan fingerprint density at radius 1 is 1.08 bits per heavy atom. The molecule has 1 aliphatic rings. The number of rotatable bonds is 2. The molecule has 0 spiro atoms. The van der Waals surface area contributed by atoms with E-state index in [4.69, 9.17) is 0 Å². The van der Waals surface area contributed by atoms with Crippen molar-refractivity contribution in [1.82, 2.24) is 4.72 Å². The first kappa shape index (κ1) is 11.0. The highest BCUT2D eigenvalue weighted by atomic mass is 32.2. The van der Waals surface area contributed by atoms with E-state index in [1.807, 2.05) is 0 Å². The van der Waals surface area contributed by atoms with E-state index in [-0.39, 0.29) is 6.04 Å². The topological polar surface area (TPSA) is 46.2 Å². The Kier molecular flexibility index (Phi) is 3.74. The summed E-state index contributed by atoms with van der Waals surface area (Å²) in [6, 6.07) is 0.150. The Labute approximate surface area is 82.0 Å². The summed E-state index contributed by atoms with van der Waals surface area (Å²) in [5, 5.41) is 0. The van der Waals surface area contributed by atoms with E-state index in [9.17, 15) is 8.42 Å². The molecule has 0 amide bonds. The number of hydrogen-bond acceptors (Lipinski definition) is 2. The van der Waals surface area contributed by atoms with Crippen LogP contribution < -0.4 is 4.72 Å². The van der Waals surface area contributed by atoms with Crippen molar-refractivity contribution in [2.45, 2.75) is 39.7 Å². The summed E-state index contributed by atoms with van der Waals surface area (Å²) in [6.07, 6.45) is 2.26. The van der Waals surface area contributed by atoms with Crippen LogP contribution in [0.1, 0.15) is 33.6 Å². The van der Waals surface area contributed by atoms with Gasteiger partial charge in [-0.2, -0.15) is 0 Å². The molecule has 78 valence electrons. The molecule has 0 heterocycles. The van der Waals surface area contributed by atoms with Crippen LogP contribution in [0.3, 0.4) is 0 Å². The minimum absolute atomic E-state index is 0.150. The minimum Gasteiger partial charge on any atom is -0.216 e. The van der Waals surface area contributed by atoms with Gasteiger partial charge < -0.3 is 0 Å². The summed E-state index contributed by atoms with van der Waals surface area (Å²) >= 11 is 0. The average Bonchev–Trinajstić information content (AvgIpc) is 1.96. The lowest BCUT2D eigenvalue weighted by atomic mass is 9.74. The third-order valence-corrected chi connectivity index (χ3v) is 3.54. The van der Waals surface area contributed by atoms with E-state index >= 15 is 0 Å². The quantitative estimate of drug-likeness (QED) is 0.665. The molecule has 0 aromatic rings. The summed E-state index contributed by atoms with van der Waals surface area (Å²) in [7, 11) is -2.44. The van der Waals surface area contributed by atoms with Crippen molar-refractivity contribution in [3.8, 4) is 0 Å². The van der Waals surface area contributed by atoms with Crippen LogP contribution in [0.5, 0.6) is 0 Å². The molecule has 1 rings (SSSR count). The minimum atomic E-state index is -2.44. The van der Waals surface area contributed by atoms with Gasteiger partial charge in [0.05, 0.1) is 0 Å². The Bertz CT molecular complexity index is 220. The van der Waals surface area contributed by atoms with Gasteiger partial charge in [0.2, 0.25) is 10.9 Å². The number of hydrogen-bond donors (Lipinski definition) is 2. The highest BCUT2D eigenvalue weighted by Crippen LogP contribution is 2.32. The van der Waals surface area contributed by atoms with Gasteiger partial charge >= 0.3 is 0 Å². The fourth-order valence-electron chi connectivity index (χ4n) is 2.60. The first-order valence-corrected chi connectivity index (χ1v) is 6.09. The molecule has 0 aromatic heterocycles. The summed E-state index contributed by atoms with van der Waals surface area (Å²) in [5.41, 5.74) is 0. The molecule has 0 radical (unpaired) electrons. The maximum atomic E-state index is 10.6. The molecule has 1 saturated carbocycles. The molecule has 0 saturated heterocycles. The van der Waals surface area contributed by atoms with Gasteiger partial charge in [-0.1, -0.05) is 20.8 Å². The SMILES string of the molecule is CC1CC(C)C(N[SH](=O)=O)C(C)C1. The molecule has 0 bridgehead atoms. The smallest absolute Gasteiger partial charge is 0.201 e. The van der Waals surface area contributed by atoms with Crippen molar-refractivity contribution in [2.24, 2.45) is 17.8 Å². The fourth-order valence-corrected chi connectivity index (χ4v) is 3.35. The molecule has 2 atom stereocenters. The second kappa shape index (κ2) is 4.42. The van der Waals surface area contributed by atoms with Gasteiger partial charge in [0.15, 0.2) is 0 Å². The van der Waals surface area contributed by atoms with Crippen LogP contribution in [0, 0.1) is 17.8 Å². The molecule has 13 heavy (non-hydrogen) atoms. The zero-order valence-corrected chi connectivity index (χ0v) is 9.38. The third kappa shape index (κ3) is 2.95. The number of nitrogens with one attached hydrogen (secondary N) is 1. The van der Waals surface area contributed by atoms with Crippen LogP contribution in [0.25, 0.3) is 0 Å². The van der Waals surface area contributed by atoms with Gasteiger partial charge in [0.25, 0.3) is 0 Å². The Morgan fingerprint density at radius 3 is 1.92 bits per heavy atom. The largest absolute Gasteiger partial charge is 0.216 e. The lowest BCUT2D eigenvalue weighted by Crippen LogP contribution is -2.43. The molecular formula is C9H19NO2S. The van der Waals surface area contributed by atoms with Crippen LogP contribution >= 0.6 is 0 Å². The van der Waals surface area contributed by atoms with E-state index in [1.54, 1.807) is 0 Å². The normalized spacial score (nSPS) is 40.9. The lowest BCUT2D eigenvalue weighted by Gasteiger charge is -2.37. The summed E-state index contributed by atoms with van der Waals surface area (Å²) in [4.78, 5) is 0. The highest BCUT2D eigenvalue weighted by molar-refractivity contribution is 7.70. The molecule has 4 heteroatoms. The van der Waals surface area contributed by atoms with Crippen LogP contribution in [0.2, 0.25) is 0 Å². The first-order valence-electron chi connectivity index (χ1n) is 4.91. The van der Waals surface area contributed by atoms with Gasteiger partial charge in [-0.3, -0.25) is 0 Å². The van der Waals surface area contributed by atoms with Crippen molar-refractivity contribution >= 4 is 10.9 Å². The molecule has 0 aliphatic heterocycles. The van der Waals surface area contributed by atoms with Crippen LogP contribution in [-0.2, 0) is 10.9 Å². The Morgan fingerprint density at radius 2 is 1.54 bits per heavy atom. The monoisotopic (exact) mass is 205 g/mol. The Hall–Kier alpha value is -0.0900. The summed E-state index contributed by atoms with van der Waals surface area (Å²) < 4.78 is 23.8. The molecular weight excluding hydrogens is 186 g/mol. The molecule has 1 fully saturated rings. The van der Waals surface area contributed by atoms with E-state index < -0.39 is 10.9 Å². The second-order valence-electron chi connectivity index (χ2n) is 4.44. The van der Waals surface area contributed by atoms with Crippen molar-refractivity contribution in [3.05, 3.63) is 0 Å². The zero-order valence-electron chi connectivity index (χ0n) is 8.49. The van der Waals surface area contributed by atoms with Crippen molar-refractivity contribution in [3.63, 3.8) is 0 Å². The van der Waals surface area contributed by atoms with E-state index in [1.165, 1.54) is 0 Å². The van der Waals surface area contributed by atoms with E-state index in [0.29, 0.717) is 11.8 Å². The van der Waals surface area contributed by atoms with Crippen molar-refractivity contribution < 1.29 is 8.42 Å². The summed E-state index contributed by atoms with van der Waals surface area (Å²) in [6.45, 7) is 6.49. The molecule has 2 unspecified atom stereocenters. The molecule has 1 N–H and O–H groups in total. The van der Waals surface area contributed by atoms with Crippen molar-refractivity contribution in [1.29, 1.82) is 0 Å². The van der Waals surface area contributed by atoms with E-state index in [0.717, 1.165) is 18.8 Å². The fraction of sp³-hybridized carbons (Fsp3) is 1.00.